The largest absolute Gasteiger partial charge is 0.478 e. The molecule has 0 aliphatic carbocycles. The van der Waals surface area contributed by atoms with Crippen molar-refractivity contribution in [3.05, 3.63) is 131 Å². The van der Waals surface area contributed by atoms with E-state index in [9.17, 15) is 62.0 Å². The van der Waals surface area contributed by atoms with E-state index in [0.29, 0.717) is 6.08 Å². The zero-order valence-corrected chi connectivity index (χ0v) is 33.5. The predicted molar refractivity (Wildman–Crippen MR) is 212 cm³/mol. The van der Waals surface area contributed by atoms with Crippen LogP contribution in [0.2, 0.25) is 0 Å². The van der Waals surface area contributed by atoms with Crippen molar-refractivity contribution in [2.75, 3.05) is 29.2 Å². The molecule has 59 heavy (non-hydrogen) atoms. The zero-order chi connectivity index (χ0) is 43.8. The standard InChI is InChI=1S/C37H32N2O16S4/c1-55-35(42)11-5-19-57(47,48)31-9-3-7-27(21-31)37(44)39-29-17-15-25(33(23-29)59(52,53)54)13-12-24-14-16-28(22-32(24)58(49,50)51)38-36(43)26-6-2-8-30(20-26)56(45,46)18-4-10-34(40)41/h2-17,20-23H,18-19H2,1H3,(H,38,43)(H,39,44)(H,40,41)(H,49,50,51)(H,52,53,54)/b10-4+,11-5+,13-12+. The Bertz CT molecular complexity index is 2880. The fraction of sp³-hybridized carbons (Fsp3) is 0.0811. The SMILES string of the molecule is COC(=O)/C=C/CS(=O)(=O)c1cccc(C(=O)Nc2ccc(/C=C/c3ccc(NC(=O)c4cccc(S(=O)(=O)C/C=C/C(=O)O)c4)cc3S(=O)(=O)O)c(S(=O)(=O)O)c2)c1. The smallest absolute Gasteiger partial charge is 0.330 e. The lowest BCUT2D eigenvalue weighted by molar-refractivity contribution is -0.135. The Hall–Kier alpha value is -6.30. The Labute approximate surface area is 337 Å². The van der Waals surface area contributed by atoms with Crippen LogP contribution in [0.3, 0.4) is 0 Å². The van der Waals surface area contributed by atoms with Gasteiger partial charge in [-0.25, -0.2) is 26.4 Å². The van der Waals surface area contributed by atoms with Crippen molar-refractivity contribution < 1.29 is 71.8 Å². The number of sulfone groups is 2. The summed E-state index contributed by atoms with van der Waals surface area (Å²) < 4.78 is 125. The molecule has 18 nitrogen and oxygen atoms in total. The molecule has 2 amide bonds. The summed E-state index contributed by atoms with van der Waals surface area (Å²) in [4.78, 5) is 45.9. The molecule has 0 aromatic heterocycles. The number of rotatable bonds is 16. The molecule has 310 valence electrons. The van der Waals surface area contributed by atoms with Gasteiger partial charge < -0.3 is 20.5 Å². The van der Waals surface area contributed by atoms with Crippen LogP contribution in [0.1, 0.15) is 31.8 Å². The minimum absolute atomic E-state index is 0.151. The summed E-state index contributed by atoms with van der Waals surface area (Å²) in [5, 5.41) is 13.5. The molecule has 0 spiro atoms. The van der Waals surface area contributed by atoms with Gasteiger partial charge in [0.2, 0.25) is 0 Å². The van der Waals surface area contributed by atoms with Gasteiger partial charge in [0.05, 0.1) is 28.4 Å². The lowest BCUT2D eigenvalue weighted by Gasteiger charge is -2.11. The summed E-state index contributed by atoms with van der Waals surface area (Å²) in [5.74, 6) is -5.15. The Kier molecular flexibility index (Phi) is 14.3. The summed E-state index contributed by atoms with van der Waals surface area (Å²) >= 11 is 0. The highest BCUT2D eigenvalue weighted by Crippen LogP contribution is 2.27. The number of hydrogen-bond donors (Lipinski definition) is 5. The fourth-order valence-corrected chi connectivity index (χ4v) is 8.69. The monoisotopic (exact) mass is 888 g/mol. The molecule has 22 heteroatoms. The van der Waals surface area contributed by atoms with Crippen LogP contribution in [0, 0.1) is 0 Å². The molecular weight excluding hydrogens is 857 g/mol. The molecule has 0 aliphatic heterocycles. The van der Waals surface area contributed by atoms with Crippen LogP contribution >= 0.6 is 0 Å². The lowest BCUT2D eigenvalue weighted by atomic mass is 10.1. The van der Waals surface area contributed by atoms with Gasteiger partial charge in [-0.3, -0.25) is 18.7 Å². The van der Waals surface area contributed by atoms with Gasteiger partial charge in [0.25, 0.3) is 32.1 Å². The Morgan fingerprint density at radius 1 is 0.593 bits per heavy atom. The first-order valence-corrected chi connectivity index (χ1v) is 22.5. The predicted octanol–water partition coefficient (Wildman–Crippen LogP) is 3.77. The molecule has 0 saturated heterocycles. The first-order chi connectivity index (χ1) is 27.5. The van der Waals surface area contributed by atoms with E-state index in [-0.39, 0.29) is 43.4 Å². The minimum atomic E-state index is -5.01. The number of hydrogen-bond acceptors (Lipinski definition) is 13. The maximum Gasteiger partial charge on any atom is 0.330 e. The zero-order valence-electron chi connectivity index (χ0n) is 30.2. The first-order valence-electron chi connectivity index (χ1n) is 16.3. The van der Waals surface area contributed by atoms with Crippen molar-refractivity contribution in [3.8, 4) is 0 Å². The van der Waals surface area contributed by atoms with E-state index < -0.39 is 85.0 Å². The number of esters is 1. The van der Waals surface area contributed by atoms with E-state index in [2.05, 4.69) is 15.4 Å². The normalized spacial score (nSPS) is 12.5. The van der Waals surface area contributed by atoms with Gasteiger partial charge in [-0.2, -0.15) is 16.8 Å². The van der Waals surface area contributed by atoms with Crippen molar-refractivity contribution in [1.29, 1.82) is 0 Å². The quantitative estimate of drug-likeness (QED) is 0.0463. The highest BCUT2D eigenvalue weighted by atomic mass is 32.2. The number of carboxylic acids is 1. The molecule has 4 aromatic rings. The molecule has 5 N–H and O–H groups in total. The van der Waals surface area contributed by atoms with E-state index in [0.717, 1.165) is 73.9 Å². The van der Waals surface area contributed by atoms with Gasteiger partial charge in [-0.15, -0.1) is 0 Å². The first kappa shape index (κ1) is 45.4. The van der Waals surface area contributed by atoms with Crippen LogP contribution in [-0.4, -0.2) is 90.3 Å². The number of carboxylic acid groups (broad SMARTS) is 1. The molecule has 0 unspecified atom stereocenters. The average Bonchev–Trinajstić information content (AvgIpc) is 3.16. The van der Waals surface area contributed by atoms with Crippen LogP contribution in [0.15, 0.2) is 129 Å². The van der Waals surface area contributed by atoms with Crippen molar-refractivity contribution >= 4 is 87.2 Å². The van der Waals surface area contributed by atoms with Crippen molar-refractivity contribution in [3.63, 3.8) is 0 Å². The molecule has 0 fully saturated rings. The van der Waals surface area contributed by atoms with E-state index in [1.807, 2.05) is 0 Å². The number of carbonyl (C=O) groups excluding carboxylic acids is 3. The van der Waals surface area contributed by atoms with Gasteiger partial charge in [0, 0.05) is 34.7 Å². The Morgan fingerprint density at radius 2 is 1.00 bits per heavy atom. The summed E-state index contributed by atoms with van der Waals surface area (Å²) in [6, 6.07) is 16.0. The summed E-state index contributed by atoms with van der Waals surface area (Å²) in [5.41, 5.74) is -1.10. The molecule has 0 heterocycles. The minimum Gasteiger partial charge on any atom is -0.478 e. The second-order valence-electron chi connectivity index (χ2n) is 12.0. The van der Waals surface area contributed by atoms with Gasteiger partial charge in [0.15, 0.2) is 19.7 Å². The lowest BCUT2D eigenvalue weighted by Crippen LogP contribution is -2.14. The highest BCUT2D eigenvalue weighted by molar-refractivity contribution is 7.92. The van der Waals surface area contributed by atoms with E-state index >= 15 is 0 Å². The average molecular weight is 889 g/mol. The second kappa shape index (κ2) is 18.5. The molecule has 0 radical (unpaired) electrons. The summed E-state index contributed by atoms with van der Waals surface area (Å²) in [7, 11) is -16.9. The molecular formula is C37H32N2O16S4. The molecule has 4 aromatic carbocycles. The van der Waals surface area contributed by atoms with E-state index in [4.69, 9.17) is 5.11 Å². The third-order valence-corrected chi connectivity index (χ3v) is 12.8. The number of methoxy groups -OCH3 is 1. The molecule has 4 rings (SSSR count). The Morgan fingerprint density at radius 3 is 1.37 bits per heavy atom. The molecule has 0 bridgehead atoms. The number of anilines is 2. The fourth-order valence-electron chi connectivity index (χ4n) is 5.00. The summed E-state index contributed by atoms with van der Waals surface area (Å²) in [6.45, 7) is 0. The molecule has 0 saturated carbocycles. The van der Waals surface area contributed by atoms with E-state index in [1.54, 1.807) is 0 Å². The van der Waals surface area contributed by atoms with Crippen LogP contribution in [-0.2, 0) is 54.2 Å². The van der Waals surface area contributed by atoms with Gasteiger partial charge in [0.1, 0.15) is 9.79 Å². The number of amides is 2. The maximum absolute atomic E-state index is 13.0. The topological polar surface area (TPSA) is 299 Å². The van der Waals surface area contributed by atoms with Crippen LogP contribution in [0.25, 0.3) is 12.2 Å². The van der Waals surface area contributed by atoms with Gasteiger partial charge in [-0.1, -0.05) is 48.6 Å². The van der Waals surface area contributed by atoms with Crippen LogP contribution in [0.4, 0.5) is 11.4 Å². The maximum atomic E-state index is 13.0. The summed E-state index contributed by atoms with van der Waals surface area (Å²) in [6.07, 6.45) is 5.68. The second-order valence-corrected chi connectivity index (χ2v) is 18.8. The third kappa shape index (κ3) is 12.6. The number of carbonyl (C=O) groups is 4. The van der Waals surface area contributed by atoms with E-state index in [1.165, 1.54) is 48.5 Å². The van der Waals surface area contributed by atoms with Gasteiger partial charge >= 0.3 is 11.9 Å². The third-order valence-electron chi connectivity index (χ3n) is 7.80. The van der Waals surface area contributed by atoms with Crippen LogP contribution in [0.5, 0.6) is 0 Å². The molecule has 0 aliphatic rings. The number of ether oxygens (including phenoxy) is 1. The van der Waals surface area contributed by atoms with Crippen LogP contribution < -0.4 is 10.6 Å². The number of benzene rings is 4. The molecule has 0 atom stereocenters. The number of nitrogens with one attached hydrogen (secondary N) is 2. The number of aliphatic carboxylic acids is 1. The Balaban J connectivity index is 1.57. The van der Waals surface area contributed by atoms with Crippen molar-refractivity contribution in [2.45, 2.75) is 19.6 Å². The van der Waals surface area contributed by atoms with Crippen molar-refractivity contribution in [1.82, 2.24) is 0 Å². The highest BCUT2D eigenvalue weighted by Gasteiger charge is 2.21. The van der Waals surface area contributed by atoms with Crippen molar-refractivity contribution in [2.24, 2.45) is 0 Å². The van der Waals surface area contributed by atoms with Gasteiger partial charge in [-0.05, 0) is 71.8 Å².